The molecule has 0 saturated carbocycles. The van der Waals surface area contributed by atoms with Gasteiger partial charge in [0.05, 0.1) is 0 Å². The monoisotopic (exact) mass is 982 g/mol. The molecule has 0 fully saturated rings. The number of carboxylic acid groups (broad SMARTS) is 1. The predicted molar refractivity (Wildman–Crippen MR) is 185 cm³/mol. The zero-order chi connectivity index (χ0) is 33.5. The third-order valence-corrected chi connectivity index (χ3v) is 12.3. The van der Waals surface area contributed by atoms with Crippen LogP contribution in [0.3, 0.4) is 0 Å². The summed E-state index contributed by atoms with van der Waals surface area (Å²) in [4.78, 5) is 23.9. The Bertz CT molecular complexity index is 2140. The van der Waals surface area contributed by atoms with Gasteiger partial charge in [-0.3, -0.25) is 0 Å². The first-order valence-electron chi connectivity index (χ1n) is 14.4. The summed E-state index contributed by atoms with van der Waals surface area (Å²) in [7, 11) is 0. The topological polar surface area (TPSA) is 114 Å². The number of fused-ring (bicyclic) bond motifs is 2. The van der Waals surface area contributed by atoms with Gasteiger partial charge in [-0.1, -0.05) is 91.5 Å². The van der Waals surface area contributed by atoms with E-state index in [0.717, 1.165) is 0 Å². The van der Waals surface area contributed by atoms with Crippen LogP contribution in [0.2, 0.25) is 0 Å². The second-order valence-electron chi connectivity index (χ2n) is 10.2. The van der Waals surface area contributed by atoms with Gasteiger partial charge in [-0.25, -0.2) is 0 Å². The van der Waals surface area contributed by atoms with Crippen molar-refractivity contribution in [3.8, 4) is 28.2 Å². The fraction of sp³-hybridized carbons (Fsp3) is 0. The molecule has 0 saturated heterocycles. The summed E-state index contributed by atoms with van der Waals surface area (Å²) >= 11 is 3.71. The molecule has 0 unspecified atom stereocenters. The third-order valence-electron chi connectivity index (χ3n) is 7.32. The molecule has 230 valence electrons. The normalized spacial score (nSPS) is 10.3. The molecule has 49 heavy (non-hydrogen) atoms. The molecule has 0 atom stereocenters. The van der Waals surface area contributed by atoms with Crippen LogP contribution in [-0.4, -0.2) is 8.98 Å². The summed E-state index contributed by atoms with van der Waals surface area (Å²) in [5, 5.41) is 24.7. The van der Waals surface area contributed by atoms with Crippen LogP contribution in [0.4, 0.5) is 0 Å². The van der Waals surface area contributed by atoms with Gasteiger partial charge in [0.1, 0.15) is 0 Å². The molecule has 11 heteroatoms. The Morgan fingerprint density at radius 1 is 0.816 bits per heavy atom. The minimum atomic E-state index is -2.75. The van der Waals surface area contributed by atoms with Crippen molar-refractivity contribution in [2.24, 2.45) is 0 Å². The smallest absolute Gasteiger partial charge is 1.00 e. The minimum Gasteiger partial charge on any atom is 1.00 e. The van der Waals surface area contributed by atoms with E-state index in [2.05, 4.69) is 93.0 Å². The van der Waals surface area contributed by atoms with Crippen LogP contribution in [0, 0.1) is 0 Å². The molecular weight excluding hydrogens is 959 g/mol. The van der Waals surface area contributed by atoms with Crippen molar-refractivity contribution in [3.63, 3.8) is 0 Å². The average molecular weight is 983 g/mol. The third kappa shape index (κ3) is 9.63. The van der Waals surface area contributed by atoms with Crippen LogP contribution in [0.15, 0.2) is 152 Å². The summed E-state index contributed by atoms with van der Waals surface area (Å²) in [5.41, 5.74) is 4.79. The van der Waals surface area contributed by atoms with E-state index in [1.54, 1.807) is 36.4 Å². The Labute approximate surface area is 357 Å². The fourth-order valence-corrected chi connectivity index (χ4v) is 9.87. The molecule has 2 aliphatic rings. The number of allylic oxidation sites excluding steroid dienone is 4. The van der Waals surface area contributed by atoms with Gasteiger partial charge in [-0.05, 0) is 16.7 Å². The van der Waals surface area contributed by atoms with E-state index in [9.17, 15) is 22.8 Å². The Balaban J connectivity index is 0.000000282. The fourth-order valence-electron chi connectivity index (χ4n) is 5.18. The number of benzene rings is 5. The second-order valence-corrected chi connectivity index (χ2v) is 15.9. The largest absolute Gasteiger partial charge is 1.00 e. The first kappa shape index (κ1) is 41.3. The van der Waals surface area contributed by atoms with Crippen LogP contribution < -0.4 is 77.8 Å². The van der Waals surface area contributed by atoms with E-state index >= 15 is 0 Å². The number of carboxylic acids is 1. The molecule has 1 heterocycles. The summed E-state index contributed by atoms with van der Waals surface area (Å²) in [5.74, 6) is -1.52. The molecule has 0 spiro atoms. The quantitative estimate of drug-likeness (QED) is 0.145. The van der Waals surface area contributed by atoms with Crippen LogP contribution >= 0.6 is 31.9 Å². The number of carbonyl (C=O) groups is 1. The molecule has 1 aliphatic carbocycles. The minimum absolute atomic E-state index is 0. The van der Waals surface area contributed by atoms with E-state index in [4.69, 9.17) is 4.42 Å². The van der Waals surface area contributed by atoms with E-state index in [1.165, 1.54) is 28.8 Å². The molecule has 0 bridgehead atoms. The first-order valence-corrected chi connectivity index (χ1v) is 21.1. The predicted octanol–water partition coefficient (Wildman–Crippen LogP) is 1.01. The molecule has 1 aliphatic heterocycles. The van der Waals surface area contributed by atoms with E-state index < -0.39 is 31.0 Å². The van der Waals surface area contributed by atoms with Crippen molar-refractivity contribution in [2.45, 2.75) is 0 Å². The van der Waals surface area contributed by atoms with Gasteiger partial charge < -0.3 is 0 Å². The summed E-state index contributed by atoms with van der Waals surface area (Å²) in [6.07, 6.45) is 7.85. The Kier molecular flexibility index (Phi) is 16.5. The van der Waals surface area contributed by atoms with Gasteiger partial charge in [0, 0.05) is 0 Å². The van der Waals surface area contributed by atoms with Gasteiger partial charge >= 0.3 is 254 Å². The Morgan fingerprint density at radius 2 is 1.41 bits per heavy atom. The van der Waals surface area contributed by atoms with Crippen molar-refractivity contribution >= 4 is 57.4 Å². The SMILES string of the molecule is C=C/C=C/C=C(c1ccccc1)c1ccccc1.O=C([O-])c1ccccc1-c1c2cc(Br)c(=O)cc-2oc2[c]([Hg][OH])c([O-])c(Br)cc12.[Na+].[Na+]. The van der Waals surface area contributed by atoms with Gasteiger partial charge in [0.15, 0.2) is 0 Å². The van der Waals surface area contributed by atoms with Crippen LogP contribution in [0.1, 0.15) is 21.5 Å². The van der Waals surface area contributed by atoms with Gasteiger partial charge in [-0.2, -0.15) is 0 Å². The molecule has 4 aromatic rings. The molecule has 0 aromatic heterocycles. The molecular formula is C38H24Br2HgNa2O6. The Hall–Kier alpha value is -2.08. The number of rotatable bonds is 7. The second kappa shape index (κ2) is 19.5. The van der Waals surface area contributed by atoms with Crippen LogP contribution in [-0.2, 0) is 25.0 Å². The molecule has 6 nitrogen and oxygen atoms in total. The standard InChI is InChI=1S/C20H9Br2O5.C18H16.Hg.2Na.H2O/c21-13-5-11-17(7-15(13)23)27-18-8-16(24)14(22)6-12(18)19(11)9-3-1-2-4-10(9)20(25)26;1-2-3-6-15-18(16-11-7-4-8-12-16)17-13-9-5-10-14-17;;;;/h1-7,24H,(H,25,26);2-15H,1H2;;;;1H2/q;;3*+1;/p-3/b;6-3+;;;;. The number of aromatic carboxylic acids is 1. The van der Waals surface area contributed by atoms with Crippen molar-refractivity contribution in [1.82, 2.24) is 0 Å². The maximum Gasteiger partial charge on any atom is 1.00 e. The molecule has 0 radical (unpaired) electrons. The van der Waals surface area contributed by atoms with Crippen molar-refractivity contribution in [3.05, 3.63) is 170 Å². The van der Waals surface area contributed by atoms with Crippen molar-refractivity contribution < 1.29 is 107 Å². The van der Waals surface area contributed by atoms with E-state index in [-0.39, 0.29) is 99.2 Å². The maximum absolute atomic E-state index is 12.5. The molecule has 4 aromatic carbocycles. The first-order chi connectivity index (χ1) is 22.7. The molecule has 6 rings (SSSR count). The zero-order valence-electron chi connectivity index (χ0n) is 26.8. The van der Waals surface area contributed by atoms with Gasteiger partial charge in [-0.15, -0.1) is 0 Å². The summed E-state index contributed by atoms with van der Waals surface area (Å²) in [6.45, 7) is 3.69. The molecule has 0 amide bonds. The molecule has 1 N–H and O–H groups in total. The van der Waals surface area contributed by atoms with Crippen molar-refractivity contribution in [1.29, 1.82) is 0 Å². The number of halogens is 2. The van der Waals surface area contributed by atoms with Gasteiger partial charge in [0.2, 0.25) is 0 Å². The number of hydrogen-bond donors (Lipinski definition) is 1. The summed E-state index contributed by atoms with van der Waals surface area (Å²) < 4.78 is 16.6. The number of hydrogen-bond acceptors (Lipinski definition) is 6. The number of carbonyl (C=O) groups excluding carboxylic acids is 1. The maximum atomic E-state index is 12.5. The van der Waals surface area contributed by atoms with E-state index in [1.807, 2.05) is 24.3 Å². The van der Waals surface area contributed by atoms with Crippen LogP contribution in [0.5, 0.6) is 5.75 Å². The van der Waals surface area contributed by atoms with E-state index in [0.29, 0.717) is 22.1 Å². The van der Waals surface area contributed by atoms with Crippen LogP contribution in [0.25, 0.3) is 39.0 Å². The summed E-state index contributed by atoms with van der Waals surface area (Å²) in [6, 6.07) is 31.5. The Morgan fingerprint density at radius 3 is 1.98 bits per heavy atom. The average Bonchev–Trinajstić information content (AvgIpc) is 3.08. The zero-order valence-corrected chi connectivity index (χ0v) is 39.5. The van der Waals surface area contributed by atoms with Crippen molar-refractivity contribution in [2.75, 3.05) is 0 Å². The van der Waals surface area contributed by atoms with Gasteiger partial charge in [0.25, 0.3) is 0 Å².